The Morgan fingerprint density at radius 2 is 2.00 bits per heavy atom. The summed E-state index contributed by atoms with van der Waals surface area (Å²) < 4.78 is 5.23. The number of nitriles is 1. The van der Waals surface area contributed by atoms with Crippen molar-refractivity contribution in [2.45, 2.75) is 19.4 Å². The molecule has 0 radical (unpaired) electrons. The SMILES string of the molecule is N#CCOc1ccc(CNCC2CCSCC2)cc1. The fourth-order valence-electron chi connectivity index (χ4n) is 2.19. The van der Waals surface area contributed by atoms with Gasteiger partial charge in [0.2, 0.25) is 0 Å². The highest BCUT2D eigenvalue weighted by atomic mass is 32.2. The van der Waals surface area contributed by atoms with Gasteiger partial charge in [-0.2, -0.15) is 17.0 Å². The maximum absolute atomic E-state index is 8.44. The molecule has 0 amide bonds. The van der Waals surface area contributed by atoms with Gasteiger partial charge in [-0.05, 0) is 54.5 Å². The van der Waals surface area contributed by atoms with Crippen LogP contribution < -0.4 is 10.1 Å². The number of hydrogen-bond donors (Lipinski definition) is 1. The van der Waals surface area contributed by atoms with Gasteiger partial charge in [0.25, 0.3) is 0 Å². The summed E-state index contributed by atoms with van der Waals surface area (Å²) in [6.45, 7) is 2.13. The first kappa shape index (κ1) is 14.2. The van der Waals surface area contributed by atoms with E-state index in [2.05, 4.69) is 29.2 Å². The van der Waals surface area contributed by atoms with Crippen LogP contribution in [0.3, 0.4) is 0 Å². The van der Waals surface area contributed by atoms with E-state index in [9.17, 15) is 0 Å². The molecule has 1 aromatic rings. The van der Waals surface area contributed by atoms with Crippen molar-refractivity contribution >= 4 is 11.8 Å². The van der Waals surface area contributed by atoms with Crippen LogP contribution in [0.5, 0.6) is 5.75 Å². The Morgan fingerprint density at radius 1 is 1.26 bits per heavy atom. The highest BCUT2D eigenvalue weighted by Crippen LogP contribution is 2.22. The Balaban J connectivity index is 1.69. The van der Waals surface area contributed by atoms with Crippen LogP contribution in [-0.4, -0.2) is 24.7 Å². The summed E-state index contributed by atoms with van der Waals surface area (Å²) in [4.78, 5) is 0. The molecule has 0 bridgehead atoms. The normalized spacial score (nSPS) is 15.9. The first-order valence-electron chi connectivity index (χ1n) is 6.75. The van der Waals surface area contributed by atoms with Crippen LogP contribution in [0.1, 0.15) is 18.4 Å². The molecule has 0 unspecified atom stereocenters. The molecule has 2 rings (SSSR count). The molecule has 1 saturated heterocycles. The zero-order valence-corrected chi connectivity index (χ0v) is 11.9. The molecular formula is C15H20N2OS. The smallest absolute Gasteiger partial charge is 0.174 e. The fraction of sp³-hybridized carbons (Fsp3) is 0.533. The van der Waals surface area contributed by atoms with E-state index in [0.717, 1.165) is 24.8 Å². The standard InChI is InChI=1S/C15H20N2OS/c16-7-8-18-15-3-1-13(2-4-15)11-17-12-14-5-9-19-10-6-14/h1-4,14,17H,5-6,8-12H2. The van der Waals surface area contributed by atoms with E-state index in [4.69, 9.17) is 10.00 Å². The number of rotatable bonds is 6. The second kappa shape index (κ2) is 8.08. The van der Waals surface area contributed by atoms with Gasteiger partial charge in [0.05, 0.1) is 0 Å². The lowest BCUT2D eigenvalue weighted by molar-refractivity contribution is 0.368. The van der Waals surface area contributed by atoms with Crippen molar-refractivity contribution in [3.05, 3.63) is 29.8 Å². The molecule has 0 aromatic heterocycles. The summed E-state index contributed by atoms with van der Waals surface area (Å²) in [5.41, 5.74) is 1.26. The Bertz CT molecular complexity index is 407. The summed E-state index contributed by atoms with van der Waals surface area (Å²) >= 11 is 2.07. The van der Waals surface area contributed by atoms with E-state index >= 15 is 0 Å². The highest BCUT2D eigenvalue weighted by Gasteiger charge is 2.12. The molecule has 4 heteroatoms. The molecule has 1 aliphatic rings. The summed E-state index contributed by atoms with van der Waals surface area (Å²) in [6.07, 6.45) is 2.69. The third-order valence-electron chi connectivity index (χ3n) is 3.33. The van der Waals surface area contributed by atoms with Crippen molar-refractivity contribution in [1.82, 2.24) is 5.32 Å². The van der Waals surface area contributed by atoms with Gasteiger partial charge < -0.3 is 10.1 Å². The minimum atomic E-state index is 0.108. The Hall–Kier alpha value is -1.18. The number of ether oxygens (including phenoxy) is 1. The van der Waals surface area contributed by atoms with Crippen molar-refractivity contribution in [1.29, 1.82) is 5.26 Å². The molecule has 0 saturated carbocycles. The van der Waals surface area contributed by atoms with Gasteiger partial charge in [-0.3, -0.25) is 0 Å². The van der Waals surface area contributed by atoms with Gasteiger partial charge >= 0.3 is 0 Å². The molecule has 19 heavy (non-hydrogen) atoms. The Morgan fingerprint density at radius 3 is 2.68 bits per heavy atom. The first-order valence-corrected chi connectivity index (χ1v) is 7.91. The molecule has 0 atom stereocenters. The van der Waals surface area contributed by atoms with Crippen LogP contribution in [0.25, 0.3) is 0 Å². The number of nitrogens with zero attached hydrogens (tertiary/aromatic N) is 1. The largest absolute Gasteiger partial charge is 0.479 e. The third-order valence-corrected chi connectivity index (χ3v) is 4.38. The van der Waals surface area contributed by atoms with E-state index in [1.165, 1.54) is 29.9 Å². The predicted octanol–water partition coefficient (Wildman–Crippen LogP) is 2.82. The number of nitrogens with one attached hydrogen (secondary N) is 1. The van der Waals surface area contributed by atoms with Crippen LogP contribution in [-0.2, 0) is 6.54 Å². The molecule has 3 nitrogen and oxygen atoms in total. The number of hydrogen-bond acceptors (Lipinski definition) is 4. The lowest BCUT2D eigenvalue weighted by Gasteiger charge is -2.21. The van der Waals surface area contributed by atoms with E-state index < -0.39 is 0 Å². The molecule has 1 N–H and O–H groups in total. The molecular weight excluding hydrogens is 256 g/mol. The summed E-state index contributed by atoms with van der Waals surface area (Å²) in [5.74, 6) is 4.24. The zero-order valence-electron chi connectivity index (χ0n) is 11.1. The predicted molar refractivity (Wildman–Crippen MR) is 79.3 cm³/mol. The first-order chi connectivity index (χ1) is 9.38. The second-order valence-corrected chi connectivity index (χ2v) is 6.00. The quantitative estimate of drug-likeness (QED) is 0.868. The van der Waals surface area contributed by atoms with Crippen molar-refractivity contribution < 1.29 is 4.74 Å². The molecule has 1 heterocycles. The third kappa shape index (κ3) is 5.14. The summed E-state index contributed by atoms with van der Waals surface area (Å²) in [6, 6.07) is 9.91. The van der Waals surface area contributed by atoms with Crippen LogP contribution in [0.4, 0.5) is 0 Å². The van der Waals surface area contributed by atoms with Crippen molar-refractivity contribution in [3.63, 3.8) is 0 Å². The summed E-state index contributed by atoms with van der Waals surface area (Å²) in [7, 11) is 0. The average Bonchev–Trinajstić information content (AvgIpc) is 2.47. The topological polar surface area (TPSA) is 45.0 Å². The zero-order chi connectivity index (χ0) is 13.3. The minimum Gasteiger partial charge on any atom is -0.479 e. The lowest BCUT2D eigenvalue weighted by atomic mass is 10.0. The molecule has 0 aliphatic carbocycles. The van der Waals surface area contributed by atoms with Crippen molar-refractivity contribution in [2.24, 2.45) is 5.92 Å². The molecule has 1 fully saturated rings. The highest BCUT2D eigenvalue weighted by molar-refractivity contribution is 7.99. The molecule has 102 valence electrons. The van der Waals surface area contributed by atoms with E-state index in [-0.39, 0.29) is 6.61 Å². The minimum absolute atomic E-state index is 0.108. The second-order valence-electron chi connectivity index (χ2n) is 4.78. The fourth-order valence-corrected chi connectivity index (χ4v) is 3.39. The van der Waals surface area contributed by atoms with Crippen LogP contribution in [0, 0.1) is 17.2 Å². The average molecular weight is 276 g/mol. The maximum atomic E-state index is 8.44. The molecule has 1 aliphatic heterocycles. The van der Waals surface area contributed by atoms with E-state index in [1.807, 2.05) is 18.2 Å². The lowest BCUT2D eigenvalue weighted by Crippen LogP contribution is -2.25. The Labute approximate surface area is 119 Å². The summed E-state index contributed by atoms with van der Waals surface area (Å²) in [5, 5.41) is 12.0. The van der Waals surface area contributed by atoms with Crippen molar-refractivity contribution in [3.8, 4) is 11.8 Å². The molecule has 0 spiro atoms. The van der Waals surface area contributed by atoms with Crippen LogP contribution in [0.15, 0.2) is 24.3 Å². The van der Waals surface area contributed by atoms with Gasteiger partial charge in [-0.15, -0.1) is 0 Å². The molecule has 1 aromatic carbocycles. The van der Waals surface area contributed by atoms with E-state index in [1.54, 1.807) is 0 Å². The van der Waals surface area contributed by atoms with E-state index in [0.29, 0.717) is 0 Å². The van der Waals surface area contributed by atoms with Crippen LogP contribution in [0.2, 0.25) is 0 Å². The van der Waals surface area contributed by atoms with Gasteiger partial charge in [0.1, 0.15) is 11.8 Å². The number of thioether (sulfide) groups is 1. The number of benzene rings is 1. The van der Waals surface area contributed by atoms with Gasteiger partial charge in [-0.25, -0.2) is 0 Å². The maximum Gasteiger partial charge on any atom is 0.174 e. The van der Waals surface area contributed by atoms with Gasteiger partial charge in [0.15, 0.2) is 6.61 Å². The van der Waals surface area contributed by atoms with Gasteiger partial charge in [-0.1, -0.05) is 12.1 Å². The monoisotopic (exact) mass is 276 g/mol. The van der Waals surface area contributed by atoms with Gasteiger partial charge in [0, 0.05) is 6.54 Å². The van der Waals surface area contributed by atoms with Crippen molar-refractivity contribution in [2.75, 3.05) is 24.7 Å². The van der Waals surface area contributed by atoms with Crippen LogP contribution >= 0.6 is 11.8 Å². The Kier molecular flexibility index (Phi) is 6.06.